The third kappa shape index (κ3) is 5.44. The third-order valence-electron chi connectivity index (χ3n) is 4.96. The maximum Gasteiger partial charge on any atom is 0.325 e. The zero-order valence-electron chi connectivity index (χ0n) is 17.1. The standard InChI is InChI=1S/C21H26N4O4S/c1-16-8-9-19(17(2)14-16)22-21(27)23-20(26)15-24-10-12-25(13-11-24)30(28,29)18-6-4-3-5-7-18/h3-9,14H,10-13,15H2,1-2H3,(H2,22,23,26,27). The fourth-order valence-corrected chi connectivity index (χ4v) is 4.79. The molecule has 1 saturated heterocycles. The van der Waals surface area contributed by atoms with Crippen molar-refractivity contribution in [3.8, 4) is 0 Å². The average Bonchev–Trinajstić information content (AvgIpc) is 2.71. The Hall–Kier alpha value is -2.75. The van der Waals surface area contributed by atoms with Crippen molar-refractivity contribution in [2.45, 2.75) is 18.7 Å². The maximum absolute atomic E-state index is 12.7. The molecule has 3 rings (SSSR count). The Balaban J connectivity index is 1.47. The van der Waals surface area contributed by atoms with Gasteiger partial charge in [0.05, 0.1) is 11.4 Å². The molecule has 1 aliphatic rings. The van der Waals surface area contributed by atoms with Gasteiger partial charge < -0.3 is 5.32 Å². The van der Waals surface area contributed by atoms with Gasteiger partial charge in [0.1, 0.15) is 0 Å². The molecule has 1 fully saturated rings. The van der Waals surface area contributed by atoms with Gasteiger partial charge in [-0.3, -0.25) is 15.0 Å². The number of anilines is 1. The van der Waals surface area contributed by atoms with E-state index in [0.29, 0.717) is 31.9 Å². The number of hydrogen-bond acceptors (Lipinski definition) is 5. The summed E-state index contributed by atoms with van der Waals surface area (Å²) in [6, 6.07) is 13.3. The molecule has 0 radical (unpaired) electrons. The van der Waals surface area contributed by atoms with Crippen LogP contribution in [0.4, 0.5) is 10.5 Å². The van der Waals surface area contributed by atoms with Crippen LogP contribution in [0.5, 0.6) is 0 Å². The first kappa shape index (κ1) is 21.9. The number of carbonyl (C=O) groups excluding carboxylic acids is 2. The molecule has 160 valence electrons. The Kier molecular flexibility index (Phi) is 6.86. The Morgan fingerprint density at radius 2 is 1.63 bits per heavy atom. The summed E-state index contributed by atoms with van der Waals surface area (Å²) < 4.78 is 26.7. The normalized spacial score (nSPS) is 15.5. The molecule has 2 aromatic carbocycles. The lowest BCUT2D eigenvalue weighted by molar-refractivity contribution is -0.121. The van der Waals surface area contributed by atoms with Crippen LogP contribution >= 0.6 is 0 Å². The van der Waals surface area contributed by atoms with Gasteiger partial charge in [-0.25, -0.2) is 13.2 Å². The number of rotatable bonds is 5. The van der Waals surface area contributed by atoms with Gasteiger partial charge in [0.25, 0.3) is 0 Å². The quantitative estimate of drug-likeness (QED) is 0.756. The van der Waals surface area contributed by atoms with Crippen molar-refractivity contribution >= 4 is 27.6 Å². The Labute approximate surface area is 176 Å². The highest BCUT2D eigenvalue weighted by molar-refractivity contribution is 7.89. The minimum atomic E-state index is -3.53. The van der Waals surface area contributed by atoms with Crippen LogP contribution in [-0.2, 0) is 14.8 Å². The van der Waals surface area contributed by atoms with Crippen molar-refractivity contribution in [1.29, 1.82) is 0 Å². The molecule has 0 spiro atoms. The molecule has 2 N–H and O–H groups in total. The lowest BCUT2D eigenvalue weighted by atomic mass is 10.1. The number of urea groups is 1. The summed E-state index contributed by atoms with van der Waals surface area (Å²) >= 11 is 0. The molecular formula is C21H26N4O4S. The van der Waals surface area contributed by atoms with E-state index in [1.807, 2.05) is 30.9 Å². The van der Waals surface area contributed by atoms with Gasteiger partial charge in [-0.05, 0) is 37.6 Å². The number of imide groups is 1. The van der Waals surface area contributed by atoms with Crippen molar-refractivity contribution in [2.24, 2.45) is 0 Å². The van der Waals surface area contributed by atoms with E-state index in [1.165, 1.54) is 4.31 Å². The first-order valence-corrected chi connectivity index (χ1v) is 11.2. The number of nitrogens with one attached hydrogen (secondary N) is 2. The van der Waals surface area contributed by atoms with E-state index in [1.54, 1.807) is 36.4 Å². The van der Waals surface area contributed by atoms with Crippen LogP contribution in [0.2, 0.25) is 0 Å². The van der Waals surface area contributed by atoms with Gasteiger partial charge >= 0.3 is 6.03 Å². The summed E-state index contributed by atoms with van der Waals surface area (Å²) in [7, 11) is -3.53. The second-order valence-electron chi connectivity index (χ2n) is 7.31. The minimum Gasteiger partial charge on any atom is -0.307 e. The van der Waals surface area contributed by atoms with E-state index in [9.17, 15) is 18.0 Å². The van der Waals surface area contributed by atoms with E-state index in [0.717, 1.165) is 11.1 Å². The third-order valence-corrected chi connectivity index (χ3v) is 6.88. The number of carbonyl (C=O) groups is 2. The van der Waals surface area contributed by atoms with Crippen LogP contribution in [0, 0.1) is 13.8 Å². The second kappa shape index (κ2) is 9.38. The number of hydrogen-bond donors (Lipinski definition) is 2. The van der Waals surface area contributed by atoms with E-state index in [-0.39, 0.29) is 11.4 Å². The minimum absolute atomic E-state index is 0.0273. The van der Waals surface area contributed by atoms with E-state index in [4.69, 9.17) is 0 Å². The topological polar surface area (TPSA) is 98.8 Å². The van der Waals surface area contributed by atoms with Gasteiger partial charge in [-0.15, -0.1) is 0 Å². The molecule has 0 aliphatic carbocycles. The number of benzene rings is 2. The predicted molar refractivity (Wildman–Crippen MR) is 115 cm³/mol. The van der Waals surface area contributed by atoms with Gasteiger partial charge in [0.15, 0.2) is 0 Å². The van der Waals surface area contributed by atoms with Gasteiger partial charge in [0, 0.05) is 31.9 Å². The molecule has 0 saturated carbocycles. The first-order chi connectivity index (χ1) is 14.3. The second-order valence-corrected chi connectivity index (χ2v) is 9.25. The molecule has 2 aromatic rings. The van der Waals surface area contributed by atoms with Gasteiger partial charge in [-0.2, -0.15) is 4.31 Å². The van der Waals surface area contributed by atoms with Crippen molar-refractivity contribution in [3.63, 3.8) is 0 Å². The fraction of sp³-hybridized carbons (Fsp3) is 0.333. The lowest BCUT2D eigenvalue weighted by Crippen LogP contribution is -2.51. The highest BCUT2D eigenvalue weighted by Gasteiger charge is 2.29. The van der Waals surface area contributed by atoms with Crippen molar-refractivity contribution in [1.82, 2.24) is 14.5 Å². The van der Waals surface area contributed by atoms with E-state index in [2.05, 4.69) is 10.6 Å². The Morgan fingerprint density at radius 1 is 0.967 bits per heavy atom. The molecule has 0 atom stereocenters. The van der Waals surface area contributed by atoms with Crippen molar-refractivity contribution < 1.29 is 18.0 Å². The van der Waals surface area contributed by atoms with Crippen LogP contribution in [-0.4, -0.2) is 62.3 Å². The number of sulfonamides is 1. The SMILES string of the molecule is Cc1ccc(NC(=O)NC(=O)CN2CCN(S(=O)(=O)c3ccccc3)CC2)c(C)c1. The Bertz CT molecular complexity index is 1020. The summed E-state index contributed by atoms with van der Waals surface area (Å²) in [6.45, 7) is 5.28. The van der Waals surface area contributed by atoms with Gasteiger partial charge in [0.2, 0.25) is 15.9 Å². The summed E-state index contributed by atoms with van der Waals surface area (Å²) in [6.07, 6.45) is 0. The monoisotopic (exact) mass is 430 g/mol. The van der Waals surface area contributed by atoms with E-state index >= 15 is 0 Å². The number of aryl methyl sites for hydroxylation is 2. The fourth-order valence-electron chi connectivity index (χ4n) is 3.35. The molecule has 30 heavy (non-hydrogen) atoms. The van der Waals surface area contributed by atoms with E-state index < -0.39 is 22.0 Å². The Morgan fingerprint density at radius 3 is 2.27 bits per heavy atom. The summed E-state index contributed by atoms with van der Waals surface area (Å²) in [5.74, 6) is -0.434. The molecule has 8 nitrogen and oxygen atoms in total. The van der Waals surface area contributed by atoms with Crippen LogP contribution in [0.15, 0.2) is 53.4 Å². The number of piperazine rings is 1. The molecule has 1 aliphatic heterocycles. The molecular weight excluding hydrogens is 404 g/mol. The largest absolute Gasteiger partial charge is 0.325 e. The maximum atomic E-state index is 12.7. The molecule has 9 heteroatoms. The van der Waals surface area contributed by atoms with Crippen molar-refractivity contribution in [2.75, 3.05) is 38.0 Å². The highest BCUT2D eigenvalue weighted by Crippen LogP contribution is 2.17. The summed E-state index contributed by atoms with van der Waals surface area (Å²) in [5, 5.41) is 5.00. The van der Waals surface area contributed by atoms with Crippen LogP contribution in [0.25, 0.3) is 0 Å². The molecule has 3 amide bonds. The molecule has 0 aromatic heterocycles. The number of amides is 3. The smallest absolute Gasteiger partial charge is 0.307 e. The molecule has 0 unspecified atom stereocenters. The summed E-state index contributed by atoms with van der Waals surface area (Å²) in [4.78, 5) is 26.4. The number of nitrogens with zero attached hydrogens (tertiary/aromatic N) is 2. The zero-order valence-corrected chi connectivity index (χ0v) is 17.9. The highest BCUT2D eigenvalue weighted by atomic mass is 32.2. The van der Waals surface area contributed by atoms with Crippen molar-refractivity contribution in [3.05, 3.63) is 59.7 Å². The van der Waals surface area contributed by atoms with Gasteiger partial charge in [-0.1, -0.05) is 35.9 Å². The predicted octanol–water partition coefficient (Wildman–Crippen LogP) is 1.96. The molecule has 0 bridgehead atoms. The summed E-state index contributed by atoms with van der Waals surface area (Å²) in [5.41, 5.74) is 2.64. The average molecular weight is 431 g/mol. The zero-order chi connectivity index (χ0) is 21.7. The van der Waals surface area contributed by atoms with Crippen LogP contribution < -0.4 is 10.6 Å². The molecule has 1 heterocycles. The lowest BCUT2D eigenvalue weighted by Gasteiger charge is -2.33. The van der Waals surface area contributed by atoms with Crippen LogP contribution in [0.3, 0.4) is 0 Å². The van der Waals surface area contributed by atoms with Crippen LogP contribution in [0.1, 0.15) is 11.1 Å². The first-order valence-electron chi connectivity index (χ1n) is 9.71.